The molecule has 0 saturated heterocycles. The van der Waals surface area contributed by atoms with Crippen LogP contribution in [0.5, 0.6) is 0 Å². The van der Waals surface area contributed by atoms with Crippen LogP contribution in [0.3, 0.4) is 0 Å². The molecule has 0 spiro atoms. The molecular formula is C19H15FO3. The van der Waals surface area contributed by atoms with E-state index in [0.29, 0.717) is 12.8 Å². The van der Waals surface area contributed by atoms with Gasteiger partial charge in [0.2, 0.25) is 0 Å². The average Bonchev–Trinajstić information content (AvgIpc) is 2.55. The van der Waals surface area contributed by atoms with Gasteiger partial charge in [0.1, 0.15) is 5.82 Å². The van der Waals surface area contributed by atoms with E-state index in [4.69, 9.17) is 5.11 Å². The van der Waals surface area contributed by atoms with Crippen molar-refractivity contribution in [3.63, 3.8) is 0 Å². The van der Waals surface area contributed by atoms with Crippen LogP contribution in [-0.4, -0.2) is 16.9 Å². The maximum Gasteiger partial charge on any atom is 0.335 e. The second-order valence-electron chi connectivity index (χ2n) is 5.68. The van der Waals surface area contributed by atoms with Gasteiger partial charge in [0.15, 0.2) is 5.78 Å². The quantitative estimate of drug-likeness (QED) is 0.930. The summed E-state index contributed by atoms with van der Waals surface area (Å²) in [5, 5.41) is 8.94. The molecule has 0 unspecified atom stereocenters. The molecule has 0 heterocycles. The molecule has 0 aromatic heterocycles. The zero-order valence-corrected chi connectivity index (χ0v) is 12.3. The molecule has 3 nitrogen and oxygen atoms in total. The number of hydrogen-bond donors (Lipinski definition) is 1. The lowest BCUT2D eigenvalue weighted by molar-refractivity contribution is -0.115. The van der Waals surface area contributed by atoms with Crippen LogP contribution < -0.4 is 0 Å². The highest BCUT2D eigenvalue weighted by Crippen LogP contribution is 2.36. The van der Waals surface area contributed by atoms with E-state index in [1.54, 1.807) is 30.3 Å². The van der Waals surface area contributed by atoms with Gasteiger partial charge in [0.25, 0.3) is 0 Å². The summed E-state index contributed by atoms with van der Waals surface area (Å²) in [5.41, 5.74) is 2.88. The minimum atomic E-state index is -0.977. The second kappa shape index (κ2) is 6.16. The summed E-state index contributed by atoms with van der Waals surface area (Å²) >= 11 is 0. The maximum absolute atomic E-state index is 13.0. The summed E-state index contributed by atoms with van der Waals surface area (Å²) in [7, 11) is 0. The van der Waals surface area contributed by atoms with Crippen molar-refractivity contribution in [1.29, 1.82) is 0 Å². The van der Waals surface area contributed by atoms with Crippen molar-refractivity contribution in [2.75, 3.05) is 0 Å². The highest BCUT2D eigenvalue weighted by molar-refractivity contribution is 5.99. The van der Waals surface area contributed by atoms with Crippen LogP contribution in [0, 0.1) is 5.82 Å². The number of carbonyl (C=O) groups excluding carboxylic acids is 1. The lowest BCUT2D eigenvalue weighted by Gasteiger charge is -2.22. The first-order valence-electron chi connectivity index (χ1n) is 7.35. The summed E-state index contributed by atoms with van der Waals surface area (Å²) in [6, 6.07) is 12.7. The predicted molar refractivity (Wildman–Crippen MR) is 84.8 cm³/mol. The molecule has 0 bridgehead atoms. The van der Waals surface area contributed by atoms with Gasteiger partial charge in [0.05, 0.1) is 5.56 Å². The van der Waals surface area contributed by atoms with E-state index in [1.165, 1.54) is 24.3 Å². The molecule has 116 valence electrons. The van der Waals surface area contributed by atoms with Crippen LogP contribution in [0.15, 0.2) is 54.6 Å². The van der Waals surface area contributed by atoms with Gasteiger partial charge in [-0.25, -0.2) is 9.18 Å². The van der Waals surface area contributed by atoms with Crippen molar-refractivity contribution >= 4 is 17.3 Å². The smallest absolute Gasteiger partial charge is 0.335 e. The molecule has 23 heavy (non-hydrogen) atoms. The Labute approximate surface area is 133 Å². The Morgan fingerprint density at radius 3 is 2.26 bits per heavy atom. The first kappa shape index (κ1) is 15.2. The minimum absolute atomic E-state index is 0.0160. The number of allylic oxidation sites excluding steroid dienone is 2. The van der Waals surface area contributed by atoms with Crippen LogP contribution in [0.2, 0.25) is 0 Å². The Kier molecular flexibility index (Phi) is 4.06. The summed E-state index contributed by atoms with van der Waals surface area (Å²) in [4.78, 5) is 22.9. The van der Waals surface area contributed by atoms with Gasteiger partial charge in [0, 0.05) is 6.42 Å². The summed E-state index contributed by atoms with van der Waals surface area (Å²) in [5.74, 6) is -1.23. The first-order valence-corrected chi connectivity index (χ1v) is 7.35. The third-order valence-electron chi connectivity index (χ3n) is 4.09. The largest absolute Gasteiger partial charge is 0.478 e. The maximum atomic E-state index is 13.0. The predicted octanol–water partition coefficient (Wildman–Crippen LogP) is 4.05. The third-order valence-corrected chi connectivity index (χ3v) is 4.09. The number of carboxylic acids is 1. The summed E-state index contributed by atoms with van der Waals surface area (Å²) in [6.45, 7) is 0. The van der Waals surface area contributed by atoms with E-state index in [2.05, 4.69) is 0 Å². The van der Waals surface area contributed by atoms with Gasteiger partial charge >= 0.3 is 5.97 Å². The molecule has 4 heteroatoms. The van der Waals surface area contributed by atoms with E-state index in [9.17, 15) is 14.0 Å². The fourth-order valence-corrected chi connectivity index (χ4v) is 2.89. The number of hydrogen-bond acceptors (Lipinski definition) is 2. The summed E-state index contributed by atoms with van der Waals surface area (Å²) in [6.07, 6.45) is 2.70. The molecule has 2 aromatic rings. The SMILES string of the molecule is O=C1C=C(c2ccc(C(=O)O)cc2)C[C@@H](c2ccc(F)cc2)C1. The molecule has 2 aromatic carbocycles. The van der Waals surface area contributed by atoms with Crippen LogP contribution >= 0.6 is 0 Å². The third kappa shape index (κ3) is 3.37. The Morgan fingerprint density at radius 2 is 1.65 bits per heavy atom. The molecule has 3 rings (SSSR count). The molecule has 1 atom stereocenters. The zero-order valence-electron chi connectivity index (χ0n) is 12.3. The molecule has 0 fully saturated rings. The van der Waals surface area contributed by atoms with E-state index < -0.39 is 5.97 Å². The van der Waals surface area contributed by atoms with Crippen LogP contribution in [0.25, 0.3) is 5.57 Å². The topological polar surface area (TPSA) is 54.4 Å². The minimum Gasteiger partial charge on any atom is -0.478 e. The van der Waals surface area contributed by atoms with Crippen molar-refractivity contribution in [3.8, 4) is 0 Å². The van der Waals surface area contributed by atoms with E-state index in [0.717, 1.165) is 16.7 Å². The fourth-order valence-electron chi connectivity index (χ4n) is 2.89. The molecular weight excluding hydrogens is 295 g/mol. The van der Waals surface area contributed by atoms with Crippen molar-refractivity contribution in [1.82, 2.24) is 0 Å². The van der Waals surface area contributed by atoms with Gasteiger partial charge in [-0.3, -0.25) is 4.79 Å². The fraction of sp³-hybridized carbons (Fsp3) is 0.158. The Balaban J connectivity index is 1.86. The van der Waals surface area contributed by atoms with Gasteiger partial charge in [-0.2, -0.15) is 0 Å². The molecule has 1 aliphatic carbocycles. The number of rotatable bonds is 3. The molecule has 1 aliphatic rings. The van der Waals surface area contributed by atoms with Gasteiger partial charge < -0.3 is 5.11 Å². The number of carbonyl (C=O) groups is 2. The lowest BCUT2D eigenvalue weighted by Crippen LogP contribution is -2.12. The monoisotopic (exact) mass is 310 g/mol. The highest BCUT2D eigenvalue weighted by atomic mass is 19.1. The highest BCUT2D eigenvalue weighted by Gasteiger charge is 2.23. The number of aromatic carboxylic acids is 1. The van der Waals surface area contributed by atoms with Gasteiger partial charge in [-0.05, 0) is 59.4 Å². The first-order chi connectivity index (χ1) is 11.0. The second-order valence-corrected chi connectivity index (χ2v) is 5.68. The van der Waals surface area contributed by atoms with Gasteiger partial charge in [-0.15, -0.1) is 0 Å². The average molecular weight is 310 g/mol. The summed E-state index contributed by atoms with van der Waals surface area (Å²) < 4.78 is 13.0. The number of halogens is 1. The van der Waals surface area contributed by atoms with Gasteiger partial charge in [-0.1, -0.05) is 24.3 Å². The van der Waals surface area contributed by atoms with Crippen LogP contribution in [-0.2, 0) is 4.79 Å². The molecule has 0 aliphatic heterocycles. The number of ketones is 1. The van der Waals surface area contributed by atoms with E-state index in [-0.39, 0.29) is 23.1 Å². The Hall–Kier alpha value is -2.75. The Morgan fingerprint density at radius 1 is 1.00 bits per heavy atom. The van der Waals surface area contributed by atoms with Crippen molar-refractivity contribution < 1.29 is 19.1 Å². The van der Waals surface area contributed by atoms with Crippen molar-refractivity contribution in [3.05, 3.63) is 77.1 Å². The zero-order chi connectivity index (χ0) is 16.4. The van der Waals surface area contributed by atoms with Crippen molar-refractivity contribution in [2.24, 2.45) is 0 Å². The van der Waals surface area contributed by atoms with Crippen molar-refractivity contribution in [2.45, 2.75) is 18.8 Å². The molecule has 0 amide bonds. The number of carboxylic acid groups (broad SMARTS) is 1. The number of benzene rings is 2. The molecule has 0 radical (unpaired) electrons. The van der Waals surface area contributed by atoms with Crippen LogP contribution in [0.4, 0.5) is 4.39 Å². The molecule has 1 N–H and O–H groups in total. The van der Waals surface area contributed by atoms with Crippen LogP contribution in [0.1, 0.15) is 40.2 Å². The standard InChI is InChI=1S/C19H15FO3/c20-17-7-5-13(6-8-17)16-9-15(10-18(21)11-16)12-1-3-14(4-2-12)19(22)23/h1-8,10,16H,9,11H2,(H,22,23)/t16-/m1/s1. The normalized spacial score (nSPS) is 17.7. The Bertz CT molecular complexity index is 773. The van der Waals surface area contributed by atoms with E-state index in [1.807, 2.05) is 0 Å². The molecule has 0 saturated carbocycles. The lowest BCUT2D eigenvalue weighted by atomic mass is 9.81. The van der Waals surface area contributed by atoms with E-state index >= 15 is 0 Å².